The first-order chi connectivity index (χ1) is 11.6. The maximum absolute atomic E-state index is 12.7. The predicted molar refractivity (Wildman–Crippen MR) is 99.8 cm³/mol. The normalized spacial score (nSPS) is 12.6. The topological polar surface area (TPSA) is 17.1 Å². The van der Waals surface area contributed by atoms with Gasteiger partial charge in [0.2, 0.25) is 0 Å². The van der Waals surface area contributed by atoms with E-state index in [9.17, 15) is 4.79 Å². The quantitative estimate of drug-likeness (QED) is 0.403. The summed E-state index contributed by atoms with van der Waals surface area (Å²) in [5.74, 6) is 0.0625. The molecule has 0 spiro atoms. The summed E-state index contributed by atoms with van der Waals surface area (Å²) in [7, 11) is 0. The molecule has 116 valence electrons. The van der Waals surface area contributed by atoms with Crippen LogP contribution in [0.4, 0.5) is 0 Å². The zero-order valence-corrected chi connectivity index (χ0v) is 14.1. The van der Waals surface area contributed by atoms with Crippen LogP contribution < -0.4 is 0 Å². The van der Waals surface area contributed by atoms with Crippen molar-refractivity contribution in [1.82, 2.24) is 0 Å². The van der Waals surface area contributed by atoms with E-state index in [1.54, 1.807) is 6.07 Å². The first-order valence-corrected chi connectivity index (χ1v) is 8.31. The Hall–Kier alpha value is -2.35. The van der Waals surface area contributed by atoms with Crippen molar-refractivity contribution in [3.05, 3.63) is 105 Å². The molecular weight excluding hydrogens is 339 g/mol. The Bertz CT molecular complexity index is 951. The molecule has 0 unspecified atom stereocenters. The molecule has 24 heavy (non-hydrogen) atoms. The van der Waals surface area contributed by atoms with Crippen molar-refractivity contribution in [3.63, 3.8) is 0 Å². The van der Waals surface area contributed by atoms with Gasteiger partial charge in [-0.05, 0) is 40.5 Å². The Labute approximate surface area is 150 Å². The van der Waals surface area contributed by atoms with Gasteiger partial charge in [0.1, 0.15) is 0 Å². The van der Waals surface area contributed by atoms with Crippen LogP contribution >= 0.6 is 23.2 Å². The van der Waals surface area contributed by atoms with Gasteiger partial charge in [-0.2, -0.15) is 0 Å². The highest BCUT2D eigenvalue weighted by Gasteiger charge is 2.26. The lowest BCUT2D eigenvalue weighted by Gasteiger charge is -2.21. The summed E-state index contributed by atoms with van der Waals surface area (Å²) >= 11 is 12.1. The minimum atomic E-state index is 0.0625. The van der Waals surface area contributed by atoms with Crippen LogP contribution in [0.25, 0.3) is 11.6 Å². The summed E-state index contributed by atoms with van der Waals surface area (Å²) in [6.07, 6.45) is 2.05. The summed E-state index contributed by atoms with van der Waals surface area (Å²) in [5.41, 5.74) is 5.28. The number of carbonyl (C=O) groups is 1. The van der Waals surface area contributed by atoms with E-state index in [4.69, 9.17) is 23.2 Å². The molecule has 0 aliphatic heterocycles. The summed E-state index contributed by atoms with van der Waals surface area (Å²) in [4.78, 5) is 12.7. The molecule has 0 fully saturated rings. The maximum atomic E-state index is 12.7. The second kappa shape index (κ2) is 5.94. The monoisotopic (exact) mass is 350 g/mol. The molecule has 3 aromatic rings. The second-order valence-corrected chi connectivity index (χ2v) is 6.47. The van der Waals surface area contributed by atoms with Crippen LogP contribution in [0.15, 0.2) is 66.7 Å². The highest BCUT2D eigenvalue weighted by Crippen LogP contribution is 2.37. The molecule has 0 aromatic heterocycles. The number of benzene rings is 3. The molecule has 1 nitrogen and oxygen atoms in total. The van der Waals surface area contributed by atoms with Gasteiger partial charge in [-0.1, -0.05) is 77.8 Å². The molecule has 1 aliphatic rings. The maximum Gasteiger partial charge on any atom is 0.194 e. The Balaban J connectivity index is 1.98. The van der Waals surface area contributed by atoms with Gasteiger partial charge in [0, 0.05) is 11.1 Å². The molecule has 3 aromatic carbocycles. The lowest BCUT2D eigenvalue weighted by Crippen LogP contribution is -2.14. The Kier molecular flexibility index (Phi) is 3.76. The van der Waals surface area contributed by atoms with Gasteiger partial charge >= 0.3 is 0 Å². The molecular formula is C21H12Cl2O. The van der Waals surface area contributed by atoms with E-state index >= 15 is 0 Å². The summed E-state index contributed by atoms with van der Waals surface area (Å²) < 4.78 is 0. The molecule has 0 N–H and O–H groups in total. The summed E-state index contributed by atoms with van der Waals surface area (Å²) in [5, 5.41) is 1.04. The lowest BCUT2D eigenvalue weighted by molar-refractivity contribution is 0.103. The highest BCUT2D eigenvalue weighted by atomic mass is 35.5. The average Bonchev–Trinajstić information content (AvgIpc) is 2.61. The number of hydrogen-bond acceptors (Lipinski definition) is 1. The first-order valence-electron chi connectivity index (χ1n) is 7.55. The SMILES string of the molecule is O=C1c2ccccc2C(=Cc2ccc(Cl)c(Cl)c2)c2ccccc21. The average molecular weight is 351 g/mol. The summed E-state index contributed by atoms with van der Waals surface area (Å²) in [6, 6.07) is 20.9. The third-order valence-corrected chi connectivity index (χ3v) is 4.92. The molecule has 0 radical (unpaired) electrons. The number of fused-ring (bicyclic) bond motifs is 2. The van der Waals surface area contributed by atoms with E-state index in [-0.39, 0.29) is 5.78 Å². The molecule has 0 amide bonds. The number of ketones is 1. The fourth-order valence-corrected chi connectivity index (χ4v) is 3.35. The third kappa shape index (κ3) is 2.47. The van der Waals surface area contributed by atoms with Crippen LogP contribution in [-0.2, 0) is 0 Å². The van der Waals surface area contributed by atoms with Crippen LogP contribution in [0, 0.1) is 0 Å². The van der Waals surface area contributed by atoms with Gasteiger partial charge in [0.25, 0.3) is 0 Å². The Morgan fingerprint density at radius 2 is 1.21 bits per heavy atom. The van der Waals surface area contributed by atoms with Gasteiger partial charge in [0.05, 0.1) is 10.0 Å². The number of halogens is 2. The second-order valence-electron chi connectivity index (χ2n) is 5.65. The molecule has 0 heterocycles. The minimum Gasteiger partial charge on any atom is -0.289 e. The van der Waals surface area contributed by atoms with Gasteiger partial charge in [-0.3, -0.25) is 4.79 Å². The largest absolute Gasteiger partial charge is 0.289 e. The van der Waals surface area contributed by atoms with Gasteiger partial charge in [-0.25, -0.2) is 0 Å². The Morgan fingerprint density at radius 3 is 1.75 bits per heavy atom. The molecule has 4 rings (SSSR count). The predicted octanol–water partition coefficient (Wildman–Crippen LogP) is 6.13. The smallest absolute Gasteiger partial charge is 0.194 e. The lowest BCUT2D eigenvalue weighted by atomic mass is 9.81. The molecule has 0 atom stereocenters. The van der Waals surface area contributed by atoms with E-state index in [0.717, 1.165) is 33.4 Å². The fraction of sp³-hybridized carbons (Fsp3) is 0. The number of hydrogen-bond donors (Lipinski definition) is 0. The first kappa shape index (κ1) is 15.2. The van der Waals surface area contributed by atoms with Crippen LogP contribution in [0.5, 0.6) is 0 Å². The molecule has 0 bridgehead atoms. The van der Waals surface area contributed by atoms with Crippen LogP contribution in [-0.4, -0.2) is 5.78 Å². The van der Waals surface area contributed by atoms with Gasteiger partial charge in [-0.15, -0.1) is 0 Å². The number of carbonyl (C=O) groups excluding carboxylic acids is 1. The zero-order valence-electron chi connectivity index (χ0n) is 12.6. The van der Waals surface area contributed by atoms with Gasteiger partial charge < -0.3 is 0 Å². The van der Waals surface area contributed by atoms with E-state index in [0.29, 0.717) is 10.0 Å². The van der Waals surface area contributed by atoms with Crippen LogP contribution in [0.2, 0.25) is 10.0 Å². The van der Waals surface area contributed by atoms with Crippen LogP contribution in [0.1, 0.15) is 32.6 Å². The van der Waals surface area contributed by atoms with Crippen molar-refractivity contribution in [2.24, 2.45) is 0 Å². The van der Waals surface area contributed by atoms with E-state index < -0.39 is 0 Å². The zero-order chi connectivity index (χ0) is 16.7. The highest BCUT2D eigenvalue weighted by molar-refractivity contribution is 6.42. The van der Waals surface area contributed by atoms with Crippen molar-refractivity contribution in [1.29, 1.82) is 0 Å². The van der Waals surface area contributed by atoms with Crippen LogP contribution in [0.3, 0.4) is 0 Å². The van der Waals surface area contributed by atoms with E-state index in [2.05, 4.69) is 0 Å². The molecule has 0 saturated carbocycles. The van der Waals surface area contributed by atoms with Crippen molar-refractivity contribution < 1.29 is 4.79 Å². The standard InChI is InChI=1S/C21H12Cl2O/c22-19-10-9-13(12-20(19)23)11-18-14-5-1-3-7-16(14)21(24)17-8-4-2-6-15(17)18/h1-12H. The van der Waals surface area contributed by atoms with E-state index in [1.807, 2.05) is 66.7 Å². The van der Waals surface area contributed by atoms with E-state index in [1.165, 1.54) is 0 Å². The fourth-order valence-electron chi connectivity index (χ4n) is 3.05. The van der Waals surface area contributed by atoms with Crippen molar-refractivity contribution in [2.45, 2.75) is 0 Å². The van der Waals surface area contributed by atoms with Gasteiger partial charge in [0.15, 0.2) is 5.78 Å². The van der Waals surface area contributed by atoms with Crippen molar-refractivity contribution in [3.8, 4) is 0 Å². The molecule has 3 heteroatoms. The minimum absolute atomic E-state index is 0.0625. The van der Waals surface area contributed by atoms with Crippen molar-refractivity contribution in [2.75, 3.05) is 0 Å². The third-order valence-electron chi connectivity index (χ3n) is 4.18. The Morgan fingerprint density at radius 1 is 0.667 bits per heavy atom. The molecule has 0 saturated heterocycles. The number of rotatable bonds is 1. The molecule has 1 aliphatic carbocycles. The van der Waals surface area contributed by atoms with Crippen molar-refractivity contribution >= 4 is 40.6 Å². The summed E-state index contributed by atoms with van der Waals surface area (Å²) in [6.45, 7) is 0.